The molecule has 35 nitrogen and oxygen atoms in total. The third kappa shape index (κ3) is 31.8. The van der Waals surface area contributed by atoms with Gasteiger partial charge in [-0.2, -0.15) is 0 Å². The first kappa shape index (κ1) is 99.3. The molecule has 2 aromatic carbocycles. The molecule has 123 heavy (non-hydrogen) atoms. The number of fused-ring (bicyclic) bond motifs is 5. The van der Waals surface area contributed by atoms with Gasteiger partial charge in [0.05, 0.1) is 193 Å². The lowest BCUT2D eigenvalue weighted by Crippen LogP contribution is -2.50. The van der Waals surface area contributed by atoms with Gasteiger partial charge in [-0.05, 0) is 138 Å². The maximum atomic E-state index is 15.6. The number of hydrogen-bond donors (Lipinski definition) is 8. The molecule has 0 fully saturated rings. The molecule has 0 unspecified atom stereocenters. The quantitative estimate of drug-likeness (QED) is 0.0134. The van der Waals surface area contributed by atoms with Gasteiger partial charge in [-0.1, -0.05) is 38.3 Å². The Hall–Kier alpha value is -9.15. The number of carbonyl (C=O) groups is 10. The number of ketones is 2. The first-order chi connectivity index (χ1) is 59.5. The Morgan fingerprint density at radius 3 is 1.65 bits per heavy atom. The van der Waals surface area contributed by atoms with Crippen molar-refractivity contribution in [2.45, 2.75) is 180 Å². The molecule has 0 saturated heterocycles. The number of aryl methyl sites for hydroxylation is 1. The Balaban J connectivity index is 0.650. The third-order valence-electron chi connectivity index (χ3n) is 21.5. The summed E-state index contributed by atoms with van der Waals surface area (Å²) in [6, 6.07) is 5.61. The second-order valence-corrected chi connectivity index (χ2v) is 30.3. The number of nitrogens with zero attached hydrogens (tertiary/aromatic N) is 3. The van der Waals surface area contributed by atoms with Crippen molar-refractivity contribution in [2.75, 3.05) is 177 Å². The molecule has 8 N–H and O–H groups in total. The van der Waals surface area contributed by atoms with Crippen LogP contribution in [0.25, 0.3) is 22.3 Å². The second kappa shape index (κ2) is 53.9. The van der Waals surface area contributed by atoms with Gasteiger partial charge in [-0.25, -0.2) is 19.0 Å². The van der Waals surface area contributed by atoms with E-state index in [4.69, 9.17) is 66.6 Å². The van der Waals surface area contributed by atoms with Crippen molar-refractivity contribution in [3.63, 3.8) is 0 Å². The molecule has 2 aromatic heterocycles. The molecule has 7 amide bonds. The van der Waals surface area contributed by atoms with E-state index >= 15 is 4.39 Å². The molecular formula is C87H124FN9O26. The lowest BCUT2D eigenvalue weighted by atomic mass is 9.81. The highest BCUT2D eigenvalue weighted by molar-refractivity contribution is 6.18. The van der Waals surface area contributed by atoms with E-state index in [1.807, 2.05) is 0 Å². The largest absolute Gasteiger partial charge is 0.465 e. The average Bonchev–Trinajstić information content (AvgIpc) is 1.55. The number of unbranched alkanes of at least 4 members (excludes halogenated alkanes) is 5. The summed E-state index contributed by atoms with van der Waals surface area (Å²) in [4.78, 5) is 150. The van der Waals surface area contributed by atoms with Crippen molar-refractivity contribution in [1.29, 1.82) is 0 Å². The number of methoxy groups -OCH3 is 1. The number of aromatic nitrogens is 2. The molecule has 4 aromatic rings. The van der Waals surface area contributed by atoms with Crippen molar-refractivity contribution >= 4 is 75.7 Å². The number of hydrogen-bond acceptors (Lipinski definition) is 26. The van der Waals surface area contributed by atoms with Crippen LogP contribution in [0.1, 0.15) is 162 Å². The highest BCUT2D eigenvalue weighted by Crippen LogP contribution is 2.48. The summed E-state index contributed by atoms with van der Waals surface area (Å²) in [6.07, 6.45) is 7.02. The molecule has 0 bridgehead atoms. The van der Waals surface area contributed by atoms with Gasteiger partial charge in [0.1, 0.15) is 30.5 Å². The third-order valence-corrected chi connectivity index (χ3v) is 21.5. The first-order valence-corrected chi connectivity index (χ1v) is 42.8. The van der Waals surface area contributed by atoms with Gasteiger partial charge >= 0.3 is 12.1 Å². The maximum absolute atomic E-state index is 15.6. The lowest BCUT2D eigenvalue weighted by molar-refractivity contribution is -0.172. The number of aliphatic hydroxyl groups is 1. The van der Waals surface area contributed by atoms with Gasteiger partial charge in [0.25, 0.3) is 5.56 Å². The van der Waals surface area contributed by atoms with E-state index in [1.54, 1.807) is 51.3 Å². The number of ether oxygens (including phenoxy) is 13. The van der Waals surface area contributed by atoms with Crippen LogP contribution in [-0.2, 0) is 136 Å². The van der Waals surface area contributed by atoms with Crippen LogP contribution in [0.2, 0.25) is 0 Å². The van der Waals surface area contributed by atoms with E-state index in [1.165, 1.54) is 41.5 Å². The number of carboxylic acid groups (broad SMARTS) is 1. The van der Waals surface area contributed by atoms with Crippen molar-refractivity contribution < 1.29 is 124 Å². The lowest BCUT2D eigenvalue weighted by Gasteiger charge is -2.36. The Kier molecular flexibility index (Phi) is 43.5. The van der Waals surface area contributed by atoms with Crippen molar-refractivity contribution in [1.82, 2.24) is 41.0 Å². The van der Waals surface area contributed by atoms with E-state index in [0.29, 0.717) is 273 Å². The van der Waals surface area contributed by atoms with Crippen LogP contribution < -0.4 is 37.5 Å². The summed E-state index contributed by atoms with van der Waals surface area (Å²) < 4.78 is 87.7. The van der Waals surface area contributed by atoms with Gasteiger partial charge < -0.3 is 108 Å². The molecule has 4 aliphatic rings. The molecule has 0 spiro atoms. The molecule has 8 rings (SSSR count). The number of anilines is 1. The number of halogens is 1. The SMILES string of the molecule is CC[C@@]1(O)C(=O)OCc2c1cc1n(c2=O)Cc2c-1nc1cc(F)c(C)c3c1c2[C@@H](N(Cc1ccc(NC(=O)[C@H](C)NC(=O)[C@H](C)NC(=O)CCCCCNC(=O)[C@H](CCCCNC(=O)CCOCCOCCOCCOCCOCCOCCOCCOCCOCCOCCOCCOC)NC(=O)CCCCCC2C(=O)C=CC2=O)cc1)C(=O)O)CC3. The highest BCUT2D eigenvalue weighted by Gasteiger charge is 2.47. The minimum absolute atomic E-state index is 0.00815. The molecule has 0 radical (unpaired) electrons. The highest BCUT2D eigenvalue weighted by atomic mass is 19.1. The van der Waals surface area contributed by atoms with Crippen LogP contribution in [0.3, 0.4) is 0 Å². The number of amides is 7. The number of benzene rings is 2. The van der Waals surface area contributed by atoms with E-state index in [0.717, 1.165) is 0 Å². The van der Waals surface area contributed by atoms with E-state index in [2.05, 4.69) is 31.9 Å². The summed E-state index contributed by atoms with van der Waals surface area (Å²) in [5.41, 5.74) is 1.60. The number of allylic oxidation sites excluding steroid dienone is 2. The first-order valence-electron chi connectivity index (χ1n) is 42.8. The molecular weight excluding hydrogens is 1610 g/mol. The fourth-order valence-corrected chi connectivity index (χ4v) is 14.6. The maximum Gasteiger partial charge on any atom is 0.408 e. The molecule has 5 atom stereocenters. The van der Waals surface area contributed by atoms with Gasteiger partial charge in [0.2, 0.25) is 35.4 Å². The molecule has 0 saturated carbocycles. The van der Waals surface area contributed by atoms with Crippen LogP contribution in [0.4, 0.5) is 14.9 Å². The molecule has 36 heteroatoms. The Morgan fingerprint density at radius 1 is 0.593 bits per heavy atom. The minimum atomic E-state index is -2.09. The van der Waals surface area contributed by atoms with Gasteiger partial charge in [0.15, 0.2) is 17.2 Å². The normalized spacial score (nSPS) is 15.9. The van der Waals surface area contributed by atoms with Crippen molar-refractivity contribution in [2.24, 2.45) is 5.92 Å². The number of nitrogens with one attached hydrogen (secondary N) is 6. The topological polar surface area (TPSA) is 441 Å². The molecule has 4 heterocycles. The number of carbonyl (C=O) groups excluding carboxylic acids is 9. The summed E-state index contributed by atoms with van der Waals surface area (Å²) in [5, 5.41) is 39.7. The minimum Gasteiger partial charge on any atom is -0.465 e. The van der Waals surface area contributed by atoms with Gasteiger partial charge in [-0.15, -0.1) is 0 Å². The van der Waals surface area contributed by atoms with E-state index in [-0.39, 0.29) is 111 Å². The number of esters is 1. The zero-order valence-corrected chi connectivity index (χ0v) is 71.5. The summed E-state index contributed by atoms with van der Waals surface area (Å²) in [5.74, 6) is -4.99. The average molecular weight is 1730 g/mol. The summed E-state index contributed by atoms with van der Waals surface area (Å²) in [6.45, 7) is 16.4. The van der Waals surface area contributed by atoms with Crippen LogP contribution >= 0.6 is 0 Å². The van der Waals surface area contributed by atoms with Crippen molar-refractivity contribution in [3.8, 4) is 11.4 Å². The smallest absolute Gasteiger partial charge is 0.408 e. The van der Waals surface area contributed by atoms with Crippen LogP contribution in [0.15, 0.2) is 53.3 Å². The van der Waals surface area contributed by atoms with Gasteiger partial charge in [0, 0.05) is 74.3 Å². The van der Waals surface area contributed by atoms with Crippen molar-refractivity contribution in [3.05, 3.63) is 104 Å². The van der Waals surface area contributed by atoms with Gasteiger partial charge in [-0.3, -0.25) is 48.1 Å². The second-order valence-electron chi connectivity index (χ2n) is 30.3. The zero-order valence-electron chi connectivity index (χ0n) is 71.5. The fraction of sp³-hybridized carbons (Fsp3) is 0.632. The Bertz CT molecular complexity index is 4190. The van der Waals surface area contributed by atoms with E-state index in [9.17, 15) is 63.0 Å². The molecule has 2 aliphatic heterocycles. The van der Waals surface area contributed by atoms with Crippen LogP contribution in [0.5, 0.6) is 0 Å². The van der Waals surface area contributed by atoms with Crippen LogP contribution in [-0.4, -0.2) is 274 Å². The molecule has 680 valence electrons. The monoisotopic (exact) mass is 1730 g/mol. The predicted molar refractivity (Wildman–Crippen MR) is 446 cm³/mol. The predicted octanol–water partition coefficient (Wildman–Crippen LogP) is 5.58. The molecule has 2 aliphatic carbocycles. The Labute approximate surface area is 716 Å². The number of pyridine rings is 2. The fourth-order valence-electron chi connectivity index (χ4n) is 14.6. The number of cyclic esters (lactones) is 1. The number of rotatable bonds is 64. The van der Waals surface area contributed by atoms with E-state index < -0.39 is 76.8 Å². The Morgan fingerprint density at radius 2 is 1.11 bits per heavy atom. The van der Waals surface area contributed by atoms with Crippen LogP contribution in [0, 0.1) is 18.7 Å². The summed E-state index contributed by atoms with van der Waals surface area (Å²) >= 11 is 0. The zero-order chi connectivity index (χ0) is 88.3. The standard InChI is InChI=1S/C87H124FN9O26/c1-6-87(110)67-53-72-80-65(56-96(72)84(106)66(67)57-123-85(87)107)79-71(24-23-63-58(2)68(88)54-70(95-80)78(63)79)97(86(108)109)55-61-19-21-62(22-20-61)93-82(104)60(4)92-81(103)59(3)91-76(101)17-11-8-13-29-90-83(105)69(94-77(102)18-10-7-9-15-64-73(98)25-26-74(64)99)16-12-14-28-89-75(100)27-30-112-33-34-114-37-38-116-41-42-118-45-46-120-49-50-122-52-51-121-48-47-119-44-43-117-40-39-115-36-35-113-32-31-111-5/h19-22,25-26,53-54,59-60,64,69,71,110H,6-18,23-24,27-52,55-57H2,1-5H3,(H,89,100)(H,90,105)(H,91,101)(H,92,103)(H,93,104)(H,94,102)(H,108,109)/t59-,60-,69-,71-,87-/m0/s1. The summed E-state index contributed by atoms with van der Waals surface area (Å²) in [7, 11) is 1.63.